The second-order valence-electron chi connectivity index (χ2n) is 1.82. The standard InChI is InChI=1S/C5H5.C4H4N.6CH3.2ClH.H2Si.Zr/c2*1-2-4-5-3-1;;;;;;;;;;/h1-3H,4H2;1-3,5H;6*1H3;2*1H;1H2;/q8*-1;;;;. The minimum Gasteiger partial charge on any atom is -0.484 e. The van der Waals surface area contributed by atoms with Gasteiger partial charge in [-0.3, -0.25) is 6.08 Å². The topological polar surface area (TPSA) is 15.8 Å². The Morgan fingerprint density at radius 2 is 1.45 bits per heavy atom. The summed E-state index contributed by atoms with van der Waals surface area (Å²) in [6.07, 6.45) is 14.6. The Morgan fingerprint density at radius 3 is 1.55 bits per heavy atom. The summed E-state index contributed by atoms with van der Waals surface area (Å²) in [7, 11) is 0. The van der Waals surface area contributed by atoms with Gasteiger partial charge < -0.3 is 49.5 Å². The second-order valence-corrected chi connectivity index (χ2v) is 1.82. The van der Waals surface area contributed by atoms with E-state index in [1.54, 1.807) is 23.3 Å². The molecule has 1 aromatic rings. The maximum absolute atomic E-state index is 2.99. The molecule has 1 aliphatic carbocycles. The number of hydrogen-bond acceptors (Lipinski definition) is 0. The molecule has 0 unspecified atom stereocenters. The van der Waals surface area contributed by atoms with Gasteiger partial charge >= 0.3 is 30.2 Å². The van der Waals surface area contributed by atoms with Crippen molar-refractivity contribution in [2.45, 2.75) is 6.42 Å². The van der Waals surface area contributed by atoms with Gasteiger partial charge in [-0.25, -0.2) is 12.2 Å². The summed E-state index contributed by atoms with van der Waals surface area (Å²) in [6, 6.07) is 3.71. The Balaban J connectivity index is -0.0000000113. The molecule has 0 spiro atoms. The van der Waals surface area contributed by atoms with Crippen molar-refractivity contribution in [2.24, 2.45) is 0 Å². The van der Waals surface area contributed by atoms with E-state index >= 15 is 0 Å². The average molecular weight is 416 g/mol. The van der Waals surface area contributed by atoms with E-state index in [4.69, 9.17) is 0 Å². The summed E-state index contributed by atoms with van der Waals surface area (Å²) in [5, 5.41) is 0. The molecule has 0 saturated heterocycles. The Bertz CT molecular complexity index is 201. The SMILES string of the molecule is Cl.Cl.[C-]1=CC=CC1.[CH3-].[CH3-].[CH3-].[CH3-].[CH3-].[CH3-].[SiH2]=[Zr].[c-]1ccc[nH]1. The Labute approximate surface area is 159 Å². The van der Waals surface area contributed by atoms with Crippen LogP contribution in [-0.4, -0.2) is 11.9 Å². The van der Waals surface area contributed by atoms with Gasteiger partial charge in [0, 0.05) is 0 Å². The first-order valence-corrected chi connectivity index (χ1v) is 9.49. The van der Waals surface area contributed by atoms with Gasteiger partial charge in [-0.2, -0.15) is 24.4 Å². The summed E-state index contributed by atoms with van der Waals surface area (Å²) < 4.78 is 0. The first kappa shape index (κ1) is 59.0. The molecular weight excluding hydrogens is 384 g/mol. The van der Waals surface area contributed by atoms with E-state index in [2.05, 4.69) is 23.3 Å². The molecule has 0 bridgehead atoms. The minimum atomic E-state index is 0. The summed E-state index contributed by atoms with van der Waals surface area (Å²) in [5.74, 6) is 0. The molecular formula is C15H31Cl2NSiZr-8. The fourth-order valence-corrected chi connectivity index (χ4v) is 0.581. The van der Waals surface area contributed by atoms with Crippen LogP contribution in [0.5, 0.6) is 0 Å². The molecule has 20 heavy (non-hydrogen) atoms. The summed E-state index contributed by atoms with van der Waals surface area (Å²) in [6.45, 7) is 1.95. The fourth-order valence-electron chi connectivity index (χ4n) is 0.581. The predicted octanol–water partition coefficient (Wildman–Crippen LogP) is 4.75. The van der Waals surface area contributed by atoms with Crippen LogP contribution in [0.25, 0.3) is 0 Å². The number of rotatable bonds is 0. The van der Waals surface area contributed by atoms with Gasteiger partial charge in [0.15, 0.2) is 0 Å². The maximum atomic E-state index is 2.99. The van der Waals surface area contributed by atoms with Gasteiger partial charge in [0.1, 0.15) is 0 Å². The number of aromatic nitrogens is 1. The van der Waals surface area contributed by atoms with Crippen molar-refractivity contribution in [1.82, 2.24) is 4.98 Å². The van der Waals surface area contributed by atoms with Crippen LogP contribution < -0.4 is 0 Å². The van der Waals surface area contributed by atoms with Crippen LogP contribution in [0.2, 0.25) is 0 Å². The summed E-state index contributed by atoms with van der Waals surface area (Å²) in [4.78, 5) is 2.74. The first-order valence-electron chi connectivity index (χ1n) is 3.56. The monoisotopic (exact) mass is 413 g/mol. The zero-order valence-electron chi connectivity index (χ0n) is 13.7. The van der Waals surface area contributed by atoms with E-state index in [-0.39, 0.29) is 69.4 Å². The van der Waals surface area contributed by atoms with Crippen molar-refractivity contribution >= 4 is 31.7 Å². The number of hydrogen-bond donors (Lipinski definition) is 1. The maximum Gasteiger partial charge on any atom is -0.108 e. The van der Waals surface area contributed by atoms with Crippen molar-refractivity contribution in [3.63, 3.8) is 0 Å². The Hall–Kier alpha value is 0.440. The average Bonchev–Trinajstić information content (AvgIpc) is 2.87. The van der Waals surface area contributed by atoms with Gasteiger partial charge in [0.2, 0.25) is 0 Å². The Morgan fingerprint density at radius 1 is 0.950 bits per heavy atom. The summed E-state index contributed by atoms with van der Waals surface area (Å²) >= 11 is 1.58. The molecule has 2 rings (SSSR count). The molecule has 1 N–H and O–H groups in total. The summed E-state index contributed by atoms with van der Waals surface area (Å²) in [5.41, 5.74) is 0. The van der Waals surface area contributed by atoms with Crippen molar-refractivity contribution in [2.75, 3.05) is 0 Å². The predicted molar refractivity (Wildman–Crippen MR) is 103 cm³/mol. The molecule has 0 saturated carbocycles. The largest absolute Gasteiger partial charge is 0.484 e. The zero-order valence-corrected chi connectivity index (χ0v) is 19.2. The van der Waals surface area contributed by atoms with Crippen molar-refractivity contribution < 1.29 is 23.3 Å². The molecule has 1 heterocycles. The molecule has 0 amide bonds. The molecule has 0 fully saturated rings. The molecule has 126 valence electrons. The molecule has 1 aromatic heterocycles. The number of allylic oxidation sites excluding steroid dienone is 4. The smallest absolute Gasteiger partial charge is 0.108 e. The quantitative estimate of drug-likeness (QED) is 0.465. The van der Waals surface area contributed by atoms with Crippen LogP contribution >= 0.6 is 24.8 Å². The van der Waals surface area contributed by atoms with E-state index in [0.717, 1.165) is 6.42 Å². The second kappa shape index (κ2) is 60.6. The third-order valence-electron chi connectivity index (χ3n) is 1.03. The van der Waals surface area contributed by atoms with Crippen molar-refractivity contribution in [1.29, 1.82) is 0 Å². The van der Waals surface area contributed by atoms with Crippen molar-refractivity contribution in [3.8, 4) is 0 Å². The van der Waals surface area contributed by atoms with Crippen LogP contribution in [0.4, 0.5) is 0 Å². The van der Waals surface area contributed by atoms with E-state index in [9.17, 15) is 0 Å². The Kier molecular flexibility index (Phi) is 179. The molecule has 1 aliphatic rings. The van der Waals surface area contributed by atoms with Gasteiger partial charge in [-0.05, 0) is 0 Å². The third kappa shape index (κ3) is 51.5. The van der Waals surface area contributed by atoms with Crippen LogP contribution in [0.1, 0.15) is 6.42 Å². The van der Waals surface area contributed by atoms with Crippen LogP contribution in [0.3, 0.4) is 0 Å². The first-order chi connectivity index (χ1) is 6.00. The number of H-pyrrole nitrogens is 1. The van der Waals surface area contributed by atoms with Gasteiger partial charge in [-0.1, -0.05) is 0 Å². The van der Waals surface area contributed by atoms with Crippen LogP contribution in [0, 0.1) is 56.8 Å². The van der Waals surface area contributed by atoms with Gasteiger partial charge in [0.05, 0.1) is 0 Å². The molecule has 0 aromatic carbocycles. The number of nitrogens with one attached hydrogen (secondary N) is 1. The fraction of sp³-hybridized carbons (Fsp3) is 0.0667. The number of aromatic amines is 1. The van der Waals surface area contributed by atoms with Crippen LogP contribution in [-0.2, 0) is 23.3 Å². The van der Waals surface area contributed by atoms with E-state index in [0.29, 0.717) is 0 Å². The van der Waals surface area contributed by atoms with Gasteiger partial charge in [-0.15, -0.1) is 37.4 Å². The normalized spacial score (nSPS) is 6.55. The van der Waals surface area contributed by atoms with Crippen molar-refractivity contribution in [3.05, 3.63) is 93.4 Å². The molecule has 0 atom stereocenters. The van der Waals surface area contributed by atoms with Crippen LogP contribution in [0.15, 0.2) is 36.6 Å². The zero-order chi connectivity index (χ0) is 9.07. The van der Waals surface area contributed by atoms with E-state index in [1.165, 1.54) is 0 Å². The van der Waals surface area contributed by atoms with E-state index < -0.39 is 0 Å². The number of halogens is 2. The van der Waals surface area contributed by atoms with Gasteiger partial charge in [0.25, 0.3) is 0 Å². The third-order valence-corrected chi connectivity index (χ3v) is 1.03. The molecule has 5 heteroatoms. The molecule has 0 aliphatic heterocycles. The molecule has 1 nitrogen and oxygen atoms in total. The molecule has 0 radical (unpaired) electrons. The van der Waals surface area contributed by atoms with E-state index in [1.807, 2.05) is 37.4 Å². The minimum absolute atomic E-state index is 0.